The van der Waals surface area contributed by atoms with Gasteiger partial charge in [-0.3, -0.25) is 4.79 Å². The van der Waals surface area contributed by atoms with E-state index < -0.39 is 33.5 Å². The lowest BCUT2D eigenvalue weighted by atomic mass is 10.2. The molecule has 0 aliphatic carbocycles. The molecule has 0 spiro atoms. The highest BCUT2D eigenvalue weighted by molar-refractivity contribution is 7.91. The molecule has 1 amide bonds. The number of rotatable bonds is 4. The molecule has 7 nitrogen and oxygen atoms in total. The first-order valence-corrected chi connectivity index (χ1v) is 9.88. The number of ether oxygens (including phenoxy) is 3. The van der Waals surface area contributed by atoms with Crippen LogP contribution in [-0.2, 0) is 25.1 Å². The van der Waals surface area contributed by atoms with Crippen LogP contribution in [0.1, 0.15) is 19.4 Å². The van der Waals surface area contributed by atoms with E-state index in [2.05, 4.69) is 9.47 Å². The third-order valence-corrected chi connectivity index (χ3v) is 5.44. The number of halogens is 2. The summed E-state index contributed by atoms with van der Waals surface area (Å²) in [5.74, 6) is -2.40. The maximum Gasteiger partial charge on any atom is 0.586 e. The number of para-hydroxylation sites is 1. The smallest absolute Gasteiger partial charge is 0.395 e. The van der Waals surface area contributed by atoms with Gasteiger partial charge in [0.05, 0.1) is 18.0 Å². The number of hydrogen-bond donors (Lipinski definition) is 0. The van der Waals surface area contributed by atoms with Gasteiger partial charge < -0.3 is 19.1 Å². The van der Waals surface area contributed by atoms with Gasteiger partial charge in [0.2, 0.25) is 5.91 Å². The predicted molar refractivity (Wildman–Crippen MR) is 86.7 cm³/mol. The molecule has 2 aliphatic heterocycles. The van der Waals surface area contributed by atoms with Gasteiger partial charge in [-0.15, -0.1) is 8.78 Å². The summed E-state index contributed by atoms with van der Waals surface area (Å²) in [5, 5.41) is 0. The van der Waals surface area contributed by atoms with Crippen molar-refractivity contribution in [1.29, 1.82) is 0 Å². The number of alkyl halides is 2. The van der Waals surface area contributed by atoms with E-state index in [1.54, 1.807) is 13.8 Å². The third kappa shape index (κ3) is 4.24. The van der Waals surface area contributed by atoms with Crippen molar-refractivity contribution in [3.05, 3.63) is 23.8 Å². The zero-order valence-corrected chi connectivity index (χ0v) is 15.1. The Kier molecular flexibility index (Phi) is 4.82. The molecule has 0 bridgehead atoms. The van der Waals surface area contributed by atoms with Crippen LogP contribution in [0.2, 0.25) is 0 Å². The topological polar surface area (TPSA) is 82.1 Å². The van der Waals surface area contributed by atoms with Crippen molar-refractivity contribution >= 4 is 15.7 Å². The molecule has 1 fully saturated rings. The van der Waals surface area contributed by atoms with E-state index in [0.29, 0.717) is 13.1 Å². The van der Waals surface area contributed by atoms with E-state index in [-0.39, 0.29) is 29.3 Å². The van der Waals surface area contributed by atoms with E-state index in [4.69, 9.17) is 4.74 Å². The number of carbonyl (C=O) groups excluding carboxylic acids is 1. The van der Waals surface area contributed by atoms with E-state index >= 15 is 0 Å². The summed E-state index contributed by atoms with van der Waals surface area (Å²) in [7, 11) is -3.89. The van der Waals surface area contributed by atoms with Crippen LogP contribution in [-0.4, -0.2) is 56.6 Å². The van der Waals surface area contributed by atoms with Gasteiger partial charge in [-0.25, -0.2) is 8.42 Å². The molecule has 144 valence electrons. The molecule has 0 N–H and O–H groups in total. The highest BCUT2D eigenvalue weighted by Crippen LogP contribution is 2.43. The van der Waals surface area contributed by atoms with Crippen LogP contribution in [0.25, 0.3) is 0 Å². The van der Waals surface area contributed by atoms with Crippen molar-refractivity contribution in [2.24, 2.45) is 0 Å². The highest BCUT2D eigenvalue weighted by Gasteiger charge is 2.44. The molecule has 10 heteroatoms. The molecule has 2 heterocycles. The number of morpholine rings is 1. The fraction of sp³-hybridized carbons (Fsp3) is 0.562. The quantitative estimate of drug-likeness (QED) is 0.775. The van der Waals surface area contributed by atoms with Crippen molar-refractivity contribution in [3.63, 3.8) is 0 Å². The van der Waals surface area contributed by atoms with Crippen molar-refractivity contribution in [2.45, 2.75) is 38.1 Å². The van der Waals surface area contributed by atoms with Gasteiger partial charge in [-0.05, 0) is 19.9 Å². The molecule has 0 radical (unpaired) electrons. The predicted octanol–water partition coefficient (Wildman–Crippen LogP) is 1.56. The number of nitrogens with zero attached hydrogens (tertiary/aromatic N) is 1. The lowest BCUT2D eigenvalue weighted by molar-refractivity contribution is -0.286. The Morgan fingerprint density at radius 2 is 1.88 bits per heavy atom. The molecule has 1 aromatic rings. The van der Waals surface area contributed by atoms with E-state index in [0.717, 1.165) is 0 Å². The van der Waals surface area contributed by atoms with Crippen LogP contribution in [0.4, 0.5) is 8.78 Å². The summed E-state index contributed by atoms with van der Waals surface area (Å²) < 4.78 is 65.5. The fourth-order valence-electron chi connectivity index (χ4n) is 3.09. The average molecular weight is 391 g/mol. The Morgan fingerprint density at radius 1 is 1.23 bits per heavy atom. The zero-order chi connectivity index (χ0) is 19.1. The maximum atomic E-state index is 13.2. The Bertz CT molecular complexity index is 803. The van der Waals surface area contributed by atoms with Gasteiger partial charge in [0.1, 0.15) is 5.75 Å². The number of hydrogen-bond acceptors (Lipinski definition) is 6. The van der Waals surface area contributed by atoms with Gasteiger partial charge >= 0.3 is 6.29 Å². The first kappa shape index (κ1) is 18.8. The Hall–Kier alpha value is -1.94. The molecular formula is C16H19F2NO6S. The standard InChI is InChI=1S/C16H19F2NO6S/c1-10-6-19(7-11(2)23-10)14(20)9-26(21,22)8-12-4-3-5-13-15(12)25-16(17,18)24-13/h3-5,10-11H,6-9H2,1-2H3. The second kappa shape index (κ2) is 6.66. The molecule has 3 rings (SSSR count). The van der Waals surface area contributed by atoms with Crippen molar-refractivity contribution in [1.82, 2.24) is 4.90 Å². The molecule has 0 aromatic heterocycles. The summed E-state index contributed by atoms with van der Waals surface area (Å²) in [6.45, 7) is 4.22. The summed E-state index contributed by atoms with van der Waals surface area (Å²) in [5.41, 5.74) is 0.0242. The minimum absolute atomic E-state index is 0.0242. The first-order chi connectivity index (χ1) is 12.0. The summed E-state index contributed by atoms with van der Waals surface area (Å²) >= 11 is 0. The van der Waals surface area contributed by atoms with E-state index in [1.165, 1.54) is 23.1 Å². The van der Waals surface area contributed by atoms with Gasteiger partial charge in [0.25, 0.3) is 0 Å². The second-order valence-electron chi connectivity index (χ2n) is 6.50. The fourth-order valence-corrected chi connectivity index (χ4v) is 4.45. The second-order valence-corrected chi connectivity index (χ2v) is 8.56. The molecule has 0 saturated carbocycles. The van der Waals surface area contributed by atoms with Crippen molar-refractivity contribution in [3.8, 4) is 11.5 Å². The molecule has 2 unspecified atom stereocenters. The zero-order valence-electron chi connectivity index (χ0n) is 14.3. The van der Waals surface area contributed by atoms with Gasteiger partial charge in [-0.1, -0.05) is 12.1 Å². The van der Waals surface area contributed by atoms with Crippen molar-refractivity contribution in [2.75, 3.05) is 18.8 Å². The van der Waals surface area contributed by atoms with Crippen molar-refractivity contribution < 1.29 is 36.2 Å². The third-order valence-electron chi connectivity index (χ3n) is 4.00. The highest BCUT2D eigenvalue weighted by atomic mass is 32.2. The van der Waals surface area contributed by atoms with Gasteiger partial charge in [-0.2, -0.15) is 0 Å². The maximum absolute atomic E-state index is 13.2. The Balaban J connectivity index is 1.71. The Labute approximate surface area is 149 Å². The molecule has 2 aliphatic rings. The lowest BCUT2D eigenvalue weighted by Crippen LogP contribution is -2.49. The largest absolute Gasteiger partial charge is 0.586 e. The Morgan fingerprint density at radius 3 is 2.54 bits per heavy atom. The monoisotopic (exact) mass is 391 g/mol. The minimum Gasteiger partial charge on any atom is -0.395 e. The number of carbonyl (C=O) groups is 1. The molecule has 26 heavy (non-hydrogen) atoms. The van der Waals surface area contributed by atoms with Crippen LogP contribution < -0.4 is 9.47 Å². The van der Waals surface area contributed by atoms with Gasteiger partial charge in [0.15, 0.2) is 21.3 Å². The molecule has 1 saturated heterocycles. The van der Waals surface area contributed by atoms with Crippen LogP contribution in [0.15, 0.2) is 18.2 Å². The average Bonchev–Trinajstić information content (AvgIpc) is 2.80. The first-order valence-electron chi connectivity index (χ1n) is 8.06. The van der Waals surface area contributed by atoms with Gasteiger partial charge in [0, 0.05) is 18.7 Å². The summed E-state index contributed by atoms with van der Waals surface area (Å²) in [6, 6.07) is 4.00. The molecular weight excluding hydrogens is 372 g/mol. The number of amides is 1. The normalized spacial score (nSPS) is 24.5. The number of sulfone groups is 1. The number of fused-ring (bicyclic) bond motifs is 1. The van der Waals surface area contributed by atoms with E-state index in [9.17, 15) is 22.0 Å². The molecule has 1 aromatic carbocycles. The molecule has 2 atom stereocenters. The van der Waals surface area contributed by atoms with Crippen LogP contribution in [0.5, 0.6) is 11.5 Å². The lowest BCUT2D eigenvalue weighted by Gasteiger charge is -2.35. The SMILES string of the molecule is CC1CN(C(=O)CS(=O)(=O)Cc2cccc3c2OC(F)(F)O3)CC(C)O1. The number of benzene rings is 1. The van der Waals surface area contributed by atoms with Crippen LogP contribution in [0.3, 0.4) is 0 Å². The van der Waals surface area contributed by atoms with Crippen LogP contribution in [0, 0.1) is 0 Å². The summed E-state index contributed by atoms with van der Waals surface area (Å²) in [6.07, 6.45) is -4.20. The van der Waals surface area contributed by atoms with Crippen LogP contribution >= 0.6 is 0 Å². The van der Waals surface area contributed by atoms with E-state index in [1.807, 2.05) is 0 Å². The summed E-state index contributed by atoms with van der Waals surface area (Å²) in [4.78, 5) is 13.8. The minimum atomic E-state index is -3.89.